The topological polar surface area (TPSA) is 84.3 Å². The van der Waals surface area contributed by atoms with Crippen molar-refractivity contribution in [3.05, 3.63) is 11.8 Å². The first-order valence-corrected chi connectivity index (χ1v) is 7.71. The van der Waals surface area contributed by atoms with Crippen LogP contribution in [0.4, 0.5) is 11.8 Å². The van der Waals surface area contributed by atoms with E-state index in [0.29, 0.717) is 17.9 Å². The van der Waals surface area contributed by atoms with E-state index < -0.39 is 0 Å². The van der Waals surface area contributed by atoms with Gasteiger partial charge in [0.05, 0.1) is 5.69 Å². The fourth-order valence-electron chi connectivity index (χ4n) is 3.18. The van der Waals surface area contributed by atoms with Crippen molar-refractivity contribution < 1.29 is 0 Å². The zero-order chi connectivity index (χ0) is 15.2. The molecule has 6 heteroatoms. The van der Waals surface area contributed by atoms with E-state index in [1.807, 2.05) is 0 Å². The zero-order valence-electron chi connectivity index (χ0n) is 13.2. The van der Waals surface area contributed by atoms with Crippen LogP contribution in [0.2, 0.25) is 0 Å². The highest BCUT2D eigenvalue weighted by Crippen LogP contribution is 2.36. The second-order valence-electron chi connectivity index (χ2n) is 7.09. The highest BCUT2D eigenvalue weighted by atomic mass is 15.3. The van der Waals surface area contributed by atoms with Crippen LogP contribution >= 0.6 is 0 Å². The average molecular weight is 290 g/mol. The first kappa shape index (κ1) is 14.5. The Morgan fingerprint density at radius 2 is 1.95 bits per heavy atom. The van der Waals surface area contributed by atoms with E-state index >= 15 is 0 Å². The van der Waals surface area contributed by atoms with E-state index in [1.54, 1.807) is 0 Å². The van der Waals surface area contributed by atoms with Gasteiger partial charge in [-0.1, -0.05) is 0 Å². The summed E-state index contributed by atoms with van der Waals surface area (Å²) in [4.78, 5) is 13.6. The average Bonchev–Trinajstić information content (AvgIpc) is 2.37. The van der Waals surface area contributed by atoms with Crippen LogP contribution < -0.4 is 16.4 Å². The summed E-state index contributed by atoms with van der Waals surface area (Å²) in [6.07, 6.45) is 2.01. The molecule has 6 nitrogen and oxygen atoms in total. The van der Waals surface area contributed by atoms with Crippen LogP contribution in [0, 0.1) is 0 Å². The Labute approximate surface area is 126 Å². The third-order valence-corrected chi connectivity index (χ3v) is 4.98. The number of nitrogens with two attached hydrogens (primary N) is 2. The molecule has 21 heavy (non-hydrogen) atoms. The minimum atomic E-state index is 0.136. The van der Waals surface area contributed by atoms with Crippen LogP contribution in [0.5, 0.6) is 0 Å². The Hall–Kier alpha value is -1.40. The van der Waals surface area contributed by atoms with Crippen LogP contribution in [0.15, 0.2) is 6.07 Å². The molecule has 2 heterocycles. The fourth-order valence-corrected chi connectivity index (χ4v) is 3.18. The first-order chi connectivity index (χ1) is 9.85. The van der Waals surface area contributed by atoms with Gasteiger partial charge >= 0.3 is 0 Å². The molecule has 1 aromatic rings. The maximum Gasteiger partial charge on any atom is 0.222 e. The number of hydrogen-bond acceptors (Lipinski definition) is 6. The first-order valence-electron chi connectivity index (χ1n) is 7.71. The molecule has 1 saturated heterocycles. The van der Waals surface area contributed by atoms with E-state index in [0.717, 1.165) is 44.0 Å². The lowest BCUT2D eigenvalue weighted by molar-refractivity contribution is 0.138. The second kappa shape index (κ2) is 5.10. The highest BCUT2D eigenvalue weighted by Gasteiger charge is 2.33. The van der Waals surface area contributed by atoms with Gasteiger partial charge in [-0.15, -0.1) is 0 Å². The lowest BCUT2D eigenvalue weighted by atomic mass is 9.78. The number of anilines is 2. The summed E-state index contributed by atoms with van der Waals surface area (Å²) >= 11 is 0. The monoisotopic (exact) mass is 290 g/mol. The van der Waals surface area contributed by atoms with Gasteiger partial charge in [-0.05, 0) is 33.7 Å². The van der Waals surface area contributed by atoms with Gasteiger partial charge in [0, 0.05) is 43.2 Å². The van der Waals surface area contributed by atoms with Crippen molar-refractivity contribution in [2.24, 2.45) is 5.73 Å². The summed E-state index contributed by atoms with van der Waals surface area (Å²) in [6.45, 7) is 7.47. The van der Waals surface area contributed by atoms with E-state index in [9.17, 15) is 0 Å². The number of nitrogen functional groups attached to an aromatic ring is 1. The van der Waals surface area contributed by atoms with Gasteiger partial charge in [0.1, 0.15) is 5.82 Å². The van der Waals surface area contributed by atoms with Crippen LogP contribution in [-0.4, -0.2) is 53.1 Å². The molecule has 0 radical (unpaired) electrons. The standard InChI is InChI=1S/C15H26N6/c1-15(2)9-21(5-4-20(15)3)13-8-12(18-14(17)19-13)10-6-11(16)7-10/h8,10-11H,4-7,9,16H2,1-3H3,(H2,17,18,19). The molecule has 1 aliphatic heterocycles. The quantitative estimate of drug-likeness (QED) is 0.838. The van der Waals surface area contributed by atoms with Crippen LogP contribution in [-0.2, 0) is 0 Å². The maximum atomic E-state index is 5.92. The lowest BCUT2D eigenvalue weighted by Crippen LogP contribution is -2.58. The number of rotatable bonds is 2. The minimum absolute atomic E-state index is 0.136. The van der Waals surface area contributed by atoms with Crippen molar-refractivity contribution in [2.45, 2.75) is 44.2 Å². The van der Waals surface area contributed by atoms with Crippen molar-refractivity contribution in [1.82, 2.24) is 14.9 Å². The molecule has 0 unspecified atom stereocenters. The van der Waals surface area contributed by atoms with E-state index in [2.05, 4.69) is 46.7 Å². The summed E-state index contributed by atoms with van der Waals surface area (Å²) in [5.41, 5.74) is 13.0. The number of aromatic nitrogens is 2. The van der Waals surface area contributed by atoms with E-state index in [-0.39, 0.29) is 5.54 Å². The Kier molecular flexibility index (Phi) is 3.53. The third-order valence-electron chi connectivity index (χ3n) is 4.98. The fraction of sp³-hybridized carbons (Fsp3) is 0.733. The number of likely N-dealkylation sites (N-methyl/N-ethyl adjacent to an activating group) is 1. The molecule has 2 fully saturated rings. The summed E-state index contributed by atoms with van der Waals surface area (Å²) in [5.74, 6) is 1.78. The van der Waals surface area contributed by atoms with Gasteiger partial charge in [-0.25, -0.2) is 4.98 Å². The van der Waals surface area contributed by atoms with Gasteiger partial charge in [0.25, 0.3) is 0 Å². The predicted molar refractivity (Wildman–Crippen MR) is 85.3 cm³/mol. The zero-order valence-corrected chi connectivity index (χ0v) is 13.2. The lowest BCUT2D eigenvalue weighted by Gasteiger charge is -2.46. The largest absolute Gasteiger partial charge is 0.368 e. The van der Waals surface area contributed by atoms with Gasteiger partial charge in [0.15, 0.2) is 0 Å². The normalized spacial score (nSPS) is 29.2. The second-order valence-corrected chi connectivity index (χ2v) is 7.09. The predicted octanol–water partition coefficient (Wildman–Crippen LogP) is 0.794. The van der Waals surface area contributed by atoms with Gasteiger partial charge in [-0.3, -0.25) is 4.90 Å². The summed E-state index contributed by atoms with van der Waals surface area (Å²) < 4.78 is 0. The SMILES string of the molecule is CN1CCN(c2cc(C3CC(N)C3)nc(N)n2)CC1(C)C. The van der Waals surface area contributed by atoms with Crippen LogP contribution in [0.1, 0.15) is 38.3 Å². The third kappa shape index (κ3) is 2.82. The van der Waals surface area contributed by atoms with Gasteiger partial charge < -0.3 is 16.4 Å². The Morgan fingerprint density at radius 1 is 1.24 bits per heavy atom. The maximum absolute atomic E-state index is 5.92. The van der Waals surface area contributed by atoms with E-state index in [4.69, 9.17) is 11.5 Å². The van der Waals surface area contributed by atoms with Crippen molar-refractivity contribution in [1.29, 1.82) is 0 Å². The molecular formula is C15H26N6. The molecule has 3 rings (SSSR count). The summed E-state index contributed by atoms with van der Waals surface area (Å²) in [5, 5.41) is 0. The van der Waals surface area contributed by atoms with Crippen molar-refractivity contribution in [2.75, 3.05) is 37.3 Å². The molecule has 1 saturated carbocycles. The minimum Gasteiger partial charge on any atom is -0.368 e. The molecular weight excluding hydrogens is 264 g/mol. The summed E-state index contributed by atoms with van der Waals surface area (Å²) in [6, 6.07) is 2.42. The number of hydrogen-bond donors (Lipinski definition) is 2. The summed E-state index contributed by atoms with van der Waals surface area (Å²) in [7, 11) is 2.17. The van der Waals surface area contributed by atoms with Crippen molar-refractivity contribution in [3.8, 4) is 0 Å². The van der Waals surface area contributed by atoms with Crippen molar-refractivity contribution >= 4 is 11.8 Å². The number of piperazine rings is 1. The van der Waals surface area contributed by atoms with E-state index in [1.165, 1.54) is 0 Å². The van der Waals surface area contributed by atoms with Gasteiger partial charge in [-0.2, -0.15) is 4.98 Å². The smallest absolute Gasteiger partial charge is 0.222 e. The molecule has 0 bridgehead atoms. The molecule has 4 N–H and O–H groups in total. The molecule has 1 aliphatic carbocycles. The van der Waals surface area contributed by atoms with Gasteiger partial charge in [0.2, 0.25) is 5.95 Å². The Balaban J connectivity index is 1.82. The highest BCUT2D eigenvalue weighted by molar-refractivity contribution is 5.45. The number of nitrogens with zero attached hydrogens (tertiary/aromatic N) is 4. The van der Waals surface area contributed by atoms with Crippen molar-refractivity contribution in [3.63, 3.8) is 0 Å². The molecule has 0 amide bonds. The molecule has 116 valence electrons. The van der Waals surface area contributed by atoms with Crippen LogP contribution in [0.25, 0.3) is 0 Å². The molecule has 0 aromatic carbocycles. The Bertz CT molecular complexity index is 523. The molecule has 0 atom stereocenters. The molecule has 1 aromatic heterocycles. The molecule has 0 spiro atoms. The molecule has 2 aliphatic rings. The Morgan fingerprint density at radius 3 is 2.57 bits per heavy atom. The van der Waals surface area contributed by atoms with Crippen LogP contribution in [0.3, 0.4) is 0 Å².